The molecule has 2 heteroatoms. The summed E-state index contributed by atoms with van der Waals surface area (Å²) < 4.78 is 0. The molecular formula is C11H18O2. The van der Waals surface area contributed by atoms with Gasteiger partial charge in [-0.15, -0.1) is 0 Å². The molecule has 0 bridgehead atoms. The van der Waals surface area contributed by atoms with Gasteiger partial charge in [0.05, 0.1) is 6.42 Å². The Morgan fingerprint density at radius 1 is 1.15 bits per heavy atom. The molecule has 1 fully saturated rings. The fourth-order valence-corrected chi connectivity index (χ4v) is 1.89. The van der Waals surface area contributed by atoms with Crippen molar-refractivity contribution in [1.82, 2.24) is 0 Å². The van der Waals surface area contributed by atoms with Crippen LogP contribution in [0.3, 0.4) is 0 Å². The van der Waals surface area contributed by atoms with Crippen molar-refractivity contribution in [1.29, 1.82) is 0 Å². The molecule has 13 heavy (non-hydrogen) atoms. The number of hydrogen-bond donors (Lipinski definition) is 0. The number of rotatable bonds is 4. The fourth-order valence-electron chi connectivity index (χ4n) is 1.89. The highest BCUT2D eigenvalue weighted by molar-refractivity contribution is 5.99. The number of hydrogen-bond acceptors (Lipinski definition) is 2. The van der Waals surface area contributed by atoms with Crippen LogP contribution in [0.1, 0.15) is 51.9 Å². The Bertz CT molecular complexity index is 190. The molecule has 0 spiro atoms. The molecule has 0 radical (unpaired) electrons. The van der Waals surface area contributed by atoms with E-state index in [1.54, 1.807) is 0 Å². The van der Waals surface area contributed by atoms with Gasteiger partial charge >= 0.3 is 0 Å². The van der Waals surface area contributed by atoms with Crippen LogP contribution in [-0.4, -0.2) is 11.6 Å². The van der Waals surface area contributed by atoms with E-state index in [0.29, 0.717) is 6.42 Å². The third-order valence-corrected chi connectivity index (χ3v) is 2.83. The smallest absolute Gasteiger partial charge is 0.143 e. The van der Waals surface area contributed by atoms with Gasteiger partial charge in [0.25, 0.3) is 0 Å². The Labute approximate surface area is 79.7 Å². The predicted octanol–water partition coefficient (Wildman–Crippen LogP) is 2.51. The molecule has 0 amide bonds. The number of ketones is 2. The first-order valence-electron chi connectivity index (χ1n) is 5.28. The molecule has 74 valence electrons. The largest absolute Gasteiger partial charge is 0.299 e. The standard InChI is InChI=1S/C11H18O2/c1-2-10(12)8-11(13)9-6-4-3-5-7-9/h9H,2-8H2,1H3. The topological polar surface area (TPSA) is 34.1 Å². The minimum absolute atomic E-state index is 0.0931. The highest BCUT2D eigenvalue weighted by atomic mass is 16.1. The van der Waals surface area contributed by atoms with E-state index in [1.165, 1.54) is 6.42 Å². The number of carbonyl (C=O) groups excluding carboxylic acids is 2. The van der Waals surface area contributed by atoms with Crippen LogP contribution in [0.2, 0.25) is 0 Å². The maximum absolute atomic E-state index is 11.5. The van der Waals surface area contributed by atoms with Crippen LogP contribution in [0.25, 0.3) is 0 Å². The highest BCUT2D eigenvalue weighted by Gasteiger charge is 2.22. The zero-order valence-corrected chi connectivity index (χ0v) is 8.34. The molecule has 0 N–H and O–H groups in total. The van der Waals surface area contributed by atoms with Crippen molar-refractivity contribution in [2.24, 2.45) is 5.92 Å². The summed E-state index contributed by atoms with van der Waals surface area (Å²) in [7, 11) is 0. The summed E-state index contributed by atoms with van der Waals surface area (Å²) in [5, 5.41) is 0. The van der Waals surface area contributed by atoms with E-state index < -0.39 is 0 Å². The lowest BCUT2D eigenvalue weighted by molar-refractivity contribution is -0.129. The molecule has 0 unspecified atom stereocenters. The second-order valence-electron chi connectivity index (χ2n) is 3.87. The first kappa shape index (κ1) is 10.4. The van der Waals surface area contributed by atoms with Crippen molar-refractivity contribution in [2.75, 3.05) is 0 Å². The summed E-state index contributed by atoms with van der Waals surface area (Å²) in [5.41, 5.74) is 0. The molecule has 0 saturated heterocycles. The molecule has 0 aromatic carbocycles. The SMILES string of the molecule is CCC(=O)CC(=O)C1CCCCC1. The van der Waals surface area contributed by atoms with Gasteiger partial charge in [0.2, 0.25) is 0 Å². The van der Waals surface area contributed by atoms with Crippen LogP contribution in [0.5, 0.6) is 0 Å². The molecule has 1 rings (SSSR count). The van der Waals surface area contributed by atoms with Gasteiger partial charge in [0.1, 0.15) is 11.6 Å². The third-order valence-electron chi connectivity index (χ3n) is 2.83. The van der Waals surface area contributed by atoms with Crippen LogP contribution in [-0.2, 0) is 9.59 Å². The van der Waals surface area contributed by atoms with E-state index in [1.807, 2.05) is 6.92 Å². The summed E-state index contributed by atoms with van der Waals surface area (Å²) in [6, 6.07) is 0. The van der Waals surface area contributed by atoms with Crippen molar-refractivity contribution in [3.8, 4) is 0 Å². The molecule has 0 aromatic rings. The second kappa shape index (κ2) is 5.15. The summed E-state index contributed by atoms with van der Waals surface area (Å²) in [4.78, 5) is 22.6. The monoisotopic (exact) mass is 182 g/mol. The molecule has 2 nitrogen and oxygen atoms in total. The van der Waals surface area contributed by atoms with Gasteiger partial charge in [-0.05, 0) is 12.8 Å². The first-order chi connectivity index (χ1) is 6.24. The second-order valence-corrected chi connectivity index (χ2v) is 3.87. The lowest BCUT2D eigenvalue weighted by atomic mass is 9.84. The van der Waals surface area contributed by atoms with Crippen molar-refractivity contribution in [3.63, 3.8) is 0 Å². The molecule has 0 aliphatic heterocycles. The van der Waals surface area contributed by atoms with Gasteiger partial charge in [-0.25, -0.2) is 0 Å². The summed E-state index contributed by atoms with van der Waals surface area (Å²) in [6.45, 7) is 1.82. The molecule has 0 atom stereocenters. The number of Topliss-reactive ketones (excluding diaryl/α,β-unsaturated/α-hetero) is 2. The normalized spacial score (nSPS) is 18.5. The molecule has 1 saturated carbocycles. The Morgan fingerprint density at radius 3 is 2.31 bits per heavy atom. The molecule has 1 aliphatic rings. The van der Waals surface area contributed by atoms with Gasteiger partial charge < -0.3 is 0 Å². The summed E-state index contributed by atoms with van der Waals surface area (Å²) >= 11 is 0. The molecule has 1 aliphatic carbocycles. The molecular weight excluding hydrogens is 164 g/mol. The van der Waals surface area contributed by atoms with Gasteiger partial charge in [0, 0.05) is 12.3 Å². The van der Waals surface area contributed by atoms with Gasteiger partial charge in [-0.1, -0.05) is 26.2 Å². The molecule has 0 heterocycles. The predicted molar refractivity (Wildman–Crippen MR) is 51.5 cm³/mol. The van der Waals surface area contributed by atoms with E-state index in [0.717, 1.165) is 25.7 Å². The lowest BCUT2D eigenvalue weighted by Gasteiger charge is -2.19. The Hall–Kier alpha value is -0.660. The van der Waals surface area contributed by atoms with Gasteiger partial charge in [-0.2, -0.15) is 0 Å². The number of carbonyl (C=O) groups is 2. The van der Waals surface area contributed by atoms with Crippen molar-refractivity contribution in [3.05, 3.63) is 0 Å². The van der Waals surface area contributed by atoms with E-state index >= 15 is 0 Å². The Morgan fingerprint density at radius 2 is 1.77 bits per heavy atom. The Balaban J connectivity index is 2.33. The average Bonchev–Trinajstić information content (AvgIpc) is 2.19. The quantitative estimate of drug-likeness (QED) is 0.626. The van der Waals surface area contributed by atoms with Crippen LogP contribution < -0.4 is 0 Å². The molecule has 0 aromatic heterocycles. The Kier molecular flexibility index (Phi) is 4.13. The van der Waals surface area contributed by atoms with Crippen LogP contribution in [0.4, 0.5) is 0 Å². The van der Waals surface area contributed by atoms with Gasteiger partial charge in [0.15, 0.2) is 0 Å². The summed E-state index contributed by atoms with van der Waals surface area (Å²) in [6.07, 6.45) is 6.28. The minimum Gasteiger partial charge on any atom is -0.299 e. The average molecular weight is 182 g/mol. The zero-order chi connectivity index (χ0) is 9.68. The maximum atomic E-state index is 11.5. The van der Waals surface area contributed by atoms with Crippen molar-refractivity contribution >= 4 is 11.6 Å². The maximum Gasteiger partial charge on any atom is 0.143 e. The summed E-state index contributed by atoms with van der Waals surface area (Å²) in [5.74, 6) is 0.478. The van der Waals surface area contributed by atoms with Crippen LogP contribution >= 0.6 is 0 Å². The van der Waals surface area contributed by atoms with Crippen molar-refractivity contribution in [2.45, 2.75) is 51.9 Å². The zero-order valence-electron chi connectivity index (χ0n) is 8.34. The minimum atomic E-state index is 0.0931. The third kappa shape index (κ3) is 3.29. The van der Waals surface area contributed by atoms with Crippen molar-refractivity contribution < 1.29 is 9.59 Å². The van der Waals surface area contributed by atoms with E-state index in [2.05, 4.69) is 0 Å². The highest BCUT2D eigenvalue weighted by Crippen LogP contribution is 2.25. The van der Waals surface area contributed by atoms with E-state index in [4.69, 9.17) is 0 Å². The lowest BCUT2D eigenvalue weighted by Crippen LogP contribution is -2.20. The fraction of sp³-hybridized carbons (Fsp3) is 0.818. The first-order valence-corrected chi connectivity index (χ1v) is 5.28. The van der Waals surface area contributed by atoms with E-state index in [-0.39, 0.29) is 23.9 Å². The van der Waals surface area contributed by atoms with Crippen LogP contribution in [0, 0.1) is 5.92 Å². The van der Waals surface area contributed by atoms with Crippen LogP contribution in [0.15, 0.2) is 0 Å². The van der Waals surface area contributed by atoms with Gasteiger partial charge in [-0.3, -0.25) is 9.59 Å². The van der Waals surface area contributed by atoms with E-state index in [9.17, 15) is 9.59 Å².